The Morgan fingerprint density at radius 1 is 1.16 bits per heavy atom. The van der Waals surface area contributed by atoms with Crippen LogP contribution in [0.5, 0.6) is 17.2 Å². The molecule has 2 amide bonds. The van der Waals surface area contributed by atoms with E-state index >= 15 is 0 Å². The van der Waals surface area contributed by atoms with Crippen LogP contribution in [0.2, 0.25) is 0 Å². The van der Waals surface area contributed by atoms with Crippen molar-refractivity contribution in [1.29, 1.82) is 0 Å². The predicted octanol–water partition coefficient (Wildman–Crippen LogP) is 2.73. The first-order valence-electron chi connectivity index (χ1n) is 10.6. The number of para-hydroxylation sites is 1. The Labute approximate surface area is 182 Å². The van der Waals surface area contributed by atoms with E-state index in [-0.39, 0.29) is 30.2 Å². The van der Waals surface area contributed by atoms with Crippen LogP contribution in [0.15, 0.2) is 42.5 Å². The van der Waals surface area contributed by atoms with Crippen molar-refractivity contribution in [2.24, 2.45) is 5.92 Å². The van der Waals surface area contributed by atoms with Gasteiger partial charge in [-0.25, -0.2) is 0 Å². The Morgan fingerprint density at radius 3 is 2.77 bits per heavy atom. The van der Waals surface area contributed by atoms with Gasteiger partial charge in [0.15, 0.2) is 11.5 Å². The highest BCUT2D eigenvalue weighted by atomic mass is 16.5. The lowest BCUT2D eigenvalue weighted by atomic mass is 9.99. The number of benzene rings is 2. The van der Waals surface area contributed by atoms with Gasteiger partial charge in [-0.2, -0.15) is 0 Å². The average molecular weight is 424 g/mol. The van der Waals surface area contributed by atoms with Crippen molar-refractivity contribution >= 4 is 11.8 Å². The summed E-state index contributed by atoms with van der Waals surface area (Å²) in [5.74, 6) is 1.79. The zero-order valence-corrected chi connectivity index (χ0v) is 17.9. The van der Waals surface area contributed by atoms with Crippen molar-refractivity contribution in [3.63, 3.8) is 0 Å². The molecule has 7 nitrogen and oxygen atoms in total. The minimum atomic E-state index is -0.326. The van der Waals surface area contributed by atoms with Gasteiger partial charge in [-0.15, -0.1) is 0 Å². The van der Waals surface area contributed by atoms with Gasteiger partial charge in [0, 0.05) is 31.5 Å². The topological polar surface area (TPSA) is 77.1 Å². The first-order chi connectivity index (χ1) is 15.1. The molecular formula is C24H28N2O5. The molecule has 164 valence electrons. The van der Waals surface area contributed by atoms with Gasteiger partial charge >= 0.3 is 0 Å². The fourth-order valence-electron chi connectivity index (χ4n) is 4.25. The molecule has 2 aromatic rings. The van der Waals surface area contributed by atoms with E-state index in [9.17, 15) is 9.59 Å². The van der Waals surface area contributed by atoms with Crippen molar-refractivity contribution in [2.75, 3.05) is 33.9 Å². The largest absolute Gasteiger partial charge is 0.493 e. The summed E-state index contributed by atoms with van der Waals surface area (Å²) in [7, 11) is 3.20. The maximum absolute atomic E-state index is 12.9. The summed E-state index contributed by atoms with van der Waals surface area (Å²) in [6.45, 7) is 1.59. The molecule has 7 heteroatoms. The summed E-state index contributed by atoms with van der Waals surface area (Å²) in [5, 5.41) is 3.13. The second-order valence-corrected chi connectivity index (χ2v) is 7.92. The number of fused-ring (bicyclic) bond motifs is 1. The maximum Gasteiger partial charge on any atom is 0.225 e. The number of methoxy groups -OCH3 is 2. The maximum atomic E-state index is 12.9. The van der Waals surface area contributed by atoms with E-state index in [4.69, 9.17) is 14.2 Å². The summed E-state index contributed by atoms with van der Waals surface area (Å²) in [6, 6.07) is 13.4. The molecule has 2 aliphatic rings. The van der Waals surface area contributed by atoms with E-state index in [1.807, 2.05) is 42.5 Å². The molecular weight excluding hydrogens is 396 g/mol. The van der Waals surface area contributed by atoms with Crippen molar-refractivity contribution in [3.05, 3.63) is 53.6 Å². The molecule has 2 aliphatic heterocycles. The van der Waals surface area contributed by atoms with Gasteiger partial charge in [-0.05, 0) is 30.2 Å². The average Bonchev–Trinajstić information content (AvgIpc) is 3.18. The molecule has 31 heavy (non-hydrogen) atoms. The molecule has 4 rings (SSSR count). The lowest BCUT2D eigenvalue weighted by Crippen LogP contribution is -2.37. The van der Waals surface area contributed by atoms with Crippen molar-refractivity contribution in [3.8, 4) is 17.2 Å². The van der Waals surface area contributed by atoms with E-state index in [1.165, 1.54) is 0 Å². The highest BCUT2D eigenvalue weighted by molar-refractivity contribution is 5.89. The first-order valence-corrected chi connectivity index (χ1v) is 10.6. The van der Waals surface area contributed by atoms with Crippen LogP contribution in [0, 0.1) is 5.92 Å². The van der Waals surface area contributed by atoms with E-state index < -0.39 is 0 Å². The van der Waals surface area contributed by atoms with Crippen LogP contribution >= 0.6 is 0 Å². The molecule has 0 radical (unpaired) electrons. The third-order valence-electron chi connectivity index (χ3n) is 5.98. The standard InChI is InChI=1S/C24H28N2O5/c1-29-21-8-7-16(13-22(21)30-2)9-11-26-15-17(14-23(26)27)24(28)25-19-10-12-31-20-6-4-3-5-18(19)20/h3-8,13,17,19H,9-12,14-15H2,1-2H3,(H,25,28). The van der Waals surface area contributed by atoms with E-state index in [2.05, 4.69) is 5.32 Å². The molecule has 0 aliphatic carbocycles. The number of nitrogens with one attached hydrogen (secondary N) is 1. The van der Waals surface area contributed by atoms with Gasteiger partial charge in [0.2, 0.25) is 11.8 Å². The highest BCUT2D eigenvalue weighted by Gasteiger charge is 2.35. The number of rotatable bonds is 7. The molecule has 1 saturated heterocycles. The van der Waals surface area contributed by atoms with Crippen molar-refractivity contribution in [1.82, 2.24) is 10.2 Å². The third-order valence-corrected chi connectivity index (χ3v) is 5.98. The number of carbonyl (C=O) groups is 2. The Morgan fingerprint density at radius 2 is 1.97 bits per heavy atom. The second-order valence-electron chi connectivity index (χ2n) is 7.92. The van der Waals surface area contributed by atoms with Gasteiger partial charge < -0.3 is 24.4 Å². The molecule has 0 aromatic heterocycles. The van der Waals surface area contributed by atoms with Crippen LogP contribution in [0.3, 0.4) is 0 Å². The molecule has 0 spiro atoms. The van der Waals surface area contributed by atoms with Crippen LogP contribution in [0.25, 0.3) is 0 Å². The Balaban J connectivity index is 1.34. The van der Waals surface area contributed by atoms with E-state index in [0.29, 0.717) is 37.6 Å². The van der Waals surface area contributed by atoms with Crippen LogP contribution in [-0.2, 0) is 16.0 Å². The van der Waals surface area contributed by atoms with Crippen LogP contribution in [0.1, 0.15) is 30.0 Å². The Hall–Kier alpha value is -3.22. The second kappa shape index (κ2) is 9.29. The van der Waals surface area contributed by atoms with Crippen LogP contribution < -0.4 is 19.5 Å². The van der Waals surface area contributed by atoms with Gasteiger partial charge in [-0.3, -0.25) is 9.59 Å². The number of hydrogen-bond acceptors (Lipinski definition) is 5. The van der Waals surface area contributed by atoms with Gasteiger partial charge in [0.05, 0.1) is 32.8 Å². The highest BCUT2D eigenvalue weighted by Crippen LogP contribution is 2.32. The fourth-order valence-corrected chi connectivity index (χ4v) is 4.25. The van der Waals surface area contributed by atoms with Crippen LogP contribution in [-0.4, -0.2) is 50.6 Å². The minimum Gasteiger partial charge on any atom is -0.493 e. The number of ether oxygens (including phenoxy) is 3. The molecule has 0 bridgehead atoms. The summed E-state index contributed by atoms with van der Waals surface area (Å²) in [5.41, 5.74) is 2.05. The summed E-state index contributed by atoms with van der Waals surface area (Å²) >= 11 is 0. The smallest absolute Gasteiger partial charge is 0.225 e. The Kier molecular flexibility index (Phi) is 6.30. The van der Waals surface area contributed by atoms with Crippen LogP contribution in [0.4, 0.5) is 0 Å². The molecule has 1 fully saturated rings. The zero-order chi connectivity index (χ0) is 21.8. The molecule has 1 N–H and O–H groups in total. The molecule has 2 atom stereocenters. The lowest BCUT2D eigenvalue weighted by Gasteiger charge is -2.27. The number of nitrogens with zero attached hydrogens (tertiary/aromatic N) is 1. The van der Waals surface area contributed by atoms with Crippen molar-refractivity contribution in [2.45, 2.75) is 25.3 Å². The molecule has 2 heterocycles. The SMILES string of the molecule is COc1ccc(CCN2CC(C(=O)NC3CCOc4ccccc43)CC2=O)cc1OC. The Bertz CT molecular complexity index is 961. The van der Waals surface area contributed by atoms with Gasteiger partial charge in [-0.1, -0.05) is 24.3 Å². The molecule has 2 aromatic carbocycles. The summed E-state index contributed by atoms with van der Waals surface area (Å²) in [6.07, 6.45) is 1.67. The molecule has 2 unspecified atom stereocenters. The molecule has 0 saturated carbocycles. The lowest BCUT2D eigenvalue weighted by molar-refractivity contribution is -0.129. The normalized spacial score (nSPS) is 20.1. The number of likely N-dealkylation sites (tertiary alicyclic amines) is 1. The zero-order valence-electron chi connectivity index (χ0n) is 17.9. The minimum absolute atomic E-state index is 0.0213. The van der Waals surface area contributed by atoms with Gasteiger partial charge in [0.1, 0.15) is 5.75 Å². The first kappa shape index (κ1) is 21.0. The van der Waals surface area contributed by atoms with E-state index in [1.54, 1.807) is 19.1 Å². The number of carbonyl (C=O) groups excluding carboxylic acids is 2. The summed E-state index contributed by atoms with van der Waals surface area (Å²) in [4.78, 5) is 27.2. The predicted molar refractivity (Wildman–Crippen MR) is 115 cm³/mol. The quantitative estimate of drug-likeness (QED) is 0.740. The number of hydrogen-bond donors (Lipinski definition) is 1. The fraction of sp³-hybridized carbons (Fsp3) is 0.417. The third kappa shape index (κ3) is 4.60. The van der Waals surface area contributed by atoms with Gasteiger partial charge in [0.25, 0.3) is 0 Å². The van der Waals surface area contributed by atoms with Crippen molar-refractivity contribution < 1.29 is 23.8 Å². The van der Waals surface area contributed by atoms with E-state index in [0.717, 1.165) is 23.3 Å². The number of amides is 2. The monoisotopic (exact) mass is 424 g/mol. The summed E-state index contributed by atoms with van der Waals surface area (Å²) < 4.78 is 16.3.